The van der Waals surface area contributed by atoms with Gasteiger partial charge in [-0.1, -0.05) is 37.8 Å². The molecule has 2 amide bonds. The van der Waals surface area contributed by atoms with Gasteiger partial charge in [0, 0.05) is 43.3 Å². The van der Waals surface area contributed by atoms with Gasteiger partial charge >= 0.3 is 0 Å². The quantitative estimate of drug-likeness (QED) is 0.200. The third-order valence-corrected chi connectivity index (χ3v) is 9.47. The number of carbonyl (C=O) groups is 3. The maximum Gasteiger partial charge on any atom is 0.248 e. The molecule has 2 bridgehead atoms. The Labute approximate surface area is 286 Å². The maximum atomic E-state index is 16.4. The molecular formula is C35H39BrFN7O4. The first-order chi connectivity index (χ1) is 23.1. The lowest BCUT2D eigenvalue weighted by molar-refractivity contribution is -0.137. The number of ether oxygens (including phenoxy) is 1. The number of pyridine rings is 1. The second-order valence-electron chi connectivity index (χ2n) is 12.8. The van der Waals surface area contributed by atoms with Crippen molar-refractivity contribution in [3.05, 3.63) is 64.4 Å². The predicted molar refractivity (Wildman–Crippen MR) is 182 cm³/mol. The summed E-state index contributed by atoms with van der Waals surface area (Å²) in [5.74, 6) is -0.237. The van der Waals surface area contributed by atoms with E-state index in [2.05, 4.69) is 41.3 Å². The second-order valence-corrected chi connectivity index (χ2v) is 13.6. The first-order valence-electron chi connectivity index (χ1n) is 16.4. The molecule has 1 fully saturated rings. The minimum absolute atomic E-state index is 0.207. The molecule has 4 aromatic rings. The van der Waals surface area contributed by atoms with E-state index in [-0.39, 0.29) is 37.6 Å². The number of hydrogen-bond acceptors (Lipinski definition) is 8. The number of hydrogen-bond donors (Lipinski definition) is 1. The van der Waals surface area contributed by atoms with E-state index in [0.29, 0.717) is 33.8 Å². The highest BCUT2D eigenvalue weighted by molar-refractivity contribution is 9.10. The van der Waals surface area contributed by atoms with Gasteiger partial charge in [0.05, 0.1) is 18.7 Å². The van der Waals surface area contributed by atoms with Crippen LogP contribution in [0.2, 0.25) is 0 Å². The van der Waals surface area contributed by atoms with Crippen LogP contribution in [0.3, 0.4) is 0 Å². The van der Waals surface area contributed by atoms with Crippen molar-refractivity contribution >= 4 is 50.2 Å². The molecular weight excluding hydrogens is 681 g/mol. The van der Waals surface area contributed by atoms with Crippen LogP contribution in [0, 0.1) is 6.92 Å². The highest BCUT2D eigenvalue weighted by atomic mass is 79.9. The Kier molecular flexibility index (Phi) is 10.3. The number of aryl methyl sites for hydroxylation is 2. The lowest BCUT2D eigenvalue weighted by Crippen LogP contribution is -2.45. The highest BCUT2D eigenvalue weighted by Crippen LogP contribution is 2.34. The van der Waals surface area contributed by atoms with Crippen LogP contribution >= 0.6 is 15.9 Å². The Hall–Kier alpha value is -4.10. The number of fused-ring (bicyclic) bond motifs is 4. The molecule has 5 heterocycles. The van der Waals surface area contributed by atoms with Crippen molar-refractivity contribution in [3.63, 3.8) is 0 Å². The van der Waals surface area contributed by atoms with Gasteiger partial charge in [0.2, 0.25) is 11.8 Å². The lowest BCUT2D eigenvalue weighted by Gasteiger charge is -2.24. The Balaban J connectivity index is 1.29. The second kappa shape index (κ2) is 14.6. The van der Waals surface area contributed by atoms with Crippen molar-refractivity contribution in [1.29, 1.82) is 0 Å². The molecule has 0 saturated carbocycles. The molecule has 1 N–H and O–H groups in total. The fourth-order valence-corrected chi connectivity index (χ4v) is 6.80. The Morgan fingerprint density at radius 2 is 1.81 bits per heavy atom. The SMILES string of the molecule is CC(=O)c1nn(CC(=O)N2C[C@@]3(F)COCCCCCCCCc4ccc(Br)nc4NC(=O)[C@@H]2C3)c2ccc(-c3cnc(C)nc3)cc12. The van der Waals surface area contributed by atoms with Crippen molar-refractivity contribution in [2.24, 2.45) is 0 Å². The smallest absolute Gasteiger partial charge is 0.248 e. The van der Waals surface area contributed by atoms with Crippen LogP contribution in [0.1, 0.15) is 73.7 Å². The molecule has 48 heavy (non-hydrogen) atoms. The van der Waals surface area contributed by atoms with Crippen LogP contribution in [0.15, 0.2) is 47.3 Å². The zero-order valence-electron chi connectivity index (χ0n) is 27.2. The van der Waals surface area contributed by atoms with Crippen LogP contribution in [-0.4, -0.2) is 78.7 Å². The Morgan fingerprint density at radius 3 is 2.58 bits per heavy atom. The monoisotopic (exact) mass is 719 g/mol. The van der Waals surface area contributed by atoms with Gasteiger partial charge in [-0.3, -0.25) is 19.1 Å². The number of alkyl halides is 1. The number of amides is 2. The molecule has 2 atom stereocenters. The van der Waals surface area contributed by atoms with Crippen LogP contribution in [0.4, 0.5) is 10.2 Å². The van der Waals surface area contributed by atoms with Crippen molar-refractivity contribution < 1.29 is 23.5 Å². The van der Waals surface area contributed by atoms with Crippen LogP contribution in [-0.2, 0) is 27.3 Å². The van der Waals surface area contributed by atoms with Crippen LogP contribution < -0.4 is 5.32 Å². The largest absolute Gasteiger partial charge is 0.378 e. The summed E-state index contributed by atoms with van der Waals surface area (Å²) in [6, 6.07) is 8.13. The molecule has 1 aromatic carbocycles. The molecule has 13 heteroatoms. The minimum atomic E-state index is -1.92. The average molecular weight is 721 g/mol. The van der Waals surface area contributed by atoms with Gasteiger partial charge in [0.15, 0.2) is 11.5 Å². The minimum Gasteiger partial charge on any atom is -0.378 e. The summed E-state index contributed by atoms with van der Waals surface area (Å²) in [4.78, 5) is 54.8. The van der Waals surface area contributed by atoms with Crippen LogP contribution in [0.5, 0.6) is 0 Å². The summed E-state index contributed by atoms with van der Waals surface area (Å²) >= 11 is 3.40. The number of aromatic nitrogens is 5. The summed E-state index contributed by atoms with van der Waals surface area (Å²) in [5.41, 5.74) is 1.30. The summed E-state index contributed by atoms with van der Waals surface area (Å²) < 4.78 is 24.2. The van der Waals surface area contributed by atoms with Gasteiger partial charge in [0.25, 0.3) is 0 Å². The highest BCUT2D eigenvalue weighted by Gasteiger charge is 2.50. The van der Waals surface area contributed by atoms with Gasteiger partial charge in [-0.2, -0.15) is 5.10 Å². The first kappa shape index (κ1) is 33.8. The molecule has 252 valence electrons. The standard InChI is InChI=1S/C35H39BrFN7O4/c1-22(45)32-27-15-25(26-17-38-23(2)39-18-26)10-12-28(27)44(42-32)19-31(46)43-20-35(37)16-29(43)34(47)41-33-24(11-13-30(36)40-33)9-7-5-3-4-6-8-14-48-21-35/h10-13,15,17-18,29H,3-9,14,16,19-21H2,1-2H3,(H,40,41,47)/t29-,35+/m0/s1. The fraction of sp³-hybridized carbons (Fsp3) is 0.457. The molecule has 0 aliphatic carbocycles. The Bertz CT molecular complexity index is 1830. The third-order valence-electron chi connectivity index (χ3n) is 9.03. The number of halogens is 2. The van der Waals surface area contributed by atoms with E-state index in [4.69, 9.17) is 4.74 Å². The molecule has 11 nitrogen and oxygen atoms in total. The zero-order chi connectivity index (χ0) is 33.8. The van der Waals surface area contributed by atoms with Crippen molar-refractivity contribution in [2.45, 2.75) is 83.5 Å². The first-order valence-corrected chi connectivity index (χ1v) is 17.2. The van der Waals surface area contributed by atoms with E-state index in [0.717, 1.165) is 61.6 Å². The fourth-order valence-electron chi connectivity index (χ4n) is 6.49. The number of rotatable bonds is 4. The van der Waals surface area contributed by atoms with Gasteiger partial charge in [0.1, 0.15) is 34.5 Å². The number of nitrogens with one attached hydrogen (secondary N) is 1. The zero-order valence-corrected chi connectivity index (χ0v) is 28.8. The number of anilines is 1. The van der Waals surface area contributed by atoms with Gasteiger partial charge in [-0.15, -0.1) is 0 Å². The van der Waals surface area contributed by atoms with E-state index < -0.39 is 23.5 Å². The van der Waals surface area contributed by atoms with Crippen LogP contribution in [0.25, 0.3) is 22.0 Å². The molecule has 6 rings (SSSR count). The number of carbonyl (C=O) groups excluding carboxylic acids is 3. The van der Waals surface area contributed by atoms with Gasteiger partial charge < -0.3 is 15.0 Å². The molecule has 2 aliphatic rings. The Morgan fingerprint density at radius 1 is 1.06 bits per heavy atom. The number of nitrogens with zero attached hydrogens (tertiary/aromatic N) is 6. The number of Topliss-reactive ketones (excluding diaryl/α,β-unsaturated/α-hetero) is 1. The van der Waals surface area contributed by atoms with Gasteiger partial charge in [-0.05, 0) is 71.4 Å². The van der Waals surface area contributed by atoms with E-state index in [1.165, 1.54) is 16.5 Å². The van der Waals surface area contributed by atoms with E-state index in [1.54, 1.807) is 25.4 Å². The number of ketones is 1. The molecule has 0 unspecified atom stereocenters. The average Bonchev–Trinajstić information content (AvgIpc) is 3.61. The van der Waals surface area contributed by atoms with E-state index in [9.17, 15) is 14.4 Å². The normalized spacial score (nSPS) is 21.0. The van der Waals surface area contributed by atoms with E-state index >= 15 is 4.39 Å². The topological polar surface area (TPSA) is 132 Å². The molecule has 0 spiro atoms. The molecule has 3 aromatic heterocycles. The molecule has 2 aliphatic heterocycles. The van der Waals surface area contributed by atoms with Gasteiger partial charge in [-0.25, -0.2) is 19.3 Å². The summed E-state index contributed by atoms with van der Waals surface area (Å²) in [5, 5.41) is 7.98. The van der Waals surface area contributed by atoms with Crippen molar-refractivity contribution in [1.82, 2.24) is 29.6 Å². The third kappa shape index (κ3) is 7.62. The summed E-state index contributed by atoms with van der Waals surface area (Å²) in [6.07, 6.45) is 9.94. The molecule has 1 saturated heterocycles. The summed E-state index contributed by atoms with van der Waals surface area (Å²) in [6.45, 7) is 2.82. The number of likely N-dealkylation sites (tertiary alicyclic amines) is 1. The predicted octanol–water partition coefficient (Wildman–Crippen LogP) is 6.02. The lowest BCUT2D eigenvalue weighted by atomic mass is 10.0. The maximum absolute atomic E-state index is 16.4. The molecule has 0 radical (unpaired) electrons. The van der Waals surface area contributed by atoms with Crippen molar-refractivity contribution in [3.8, 4) is 11.1 Å². The van der Waals surface area contributed by atoms with E-state index in [1.807, 2.05) is 24.3 Å². The van der Waals surface area contributed by atoms with Crippen molar-refractivity contribution in [2.75, 3.05) is 25.1 Å². The summed E-state index contributed by atoms with van der Waals surface area (Å²) in [7, 11) is 0. The number of benzene rings is 1.